The average Bonchev–Trinajstić information content (AvgIpc) is 3.28. The minimum Gasteiger partial charge on any atom is -0.369 e. The number of hydrogen-bond acceptors (Lipinski definition) is 5. The highest BCUT2D eigenvalue weighted by atomic mass is 32.1. The van der Waals surface area contributed by atoms with Gasteiger partial charge in [-0.05, 0) is 11.4 Å². The van der Waals surface area contributed by atoms with Crippen molar-refractivity contribution in [1.29, 1.82) is 0 Å². The number of aromatic nitrogens is 3. The van der Waals surface area contributed by atoms with Crippen molar-refractivity contribution in [1.82, 2.24) is 14.5 Å². The second kappa shape index (κ2) is 5.40. The molecular formula is C16H12N4S2. The van der Waals surface area contributed by atoms with Crippen LogP contribution < -0.4 is 5.73 Å². The fraction of sp³-hybridized carbons (Fsp3) is 0. The molecule has 0 aliphatic rings. The highest BCUT2D eigenvalue weighted by Crippen LogP contribution is 2.28. The Hall–Kier alpha value is -2.44. The first-order valence-electron chi connectivity index (χ1n) is 6.70. The van der Waals surface area contributed by atoms with Crippen LogP contribution in [0.25, 0.3) is 27.6 Å². The van der Waals surface area contributed by atoms with Crippen LogP contribution in [0.1, 0.15) is 0 Å². The van der Waals surface area contributed by atoms with E-state index in [1.807, 2.05) is 51.9 Å². The second-order valence-electron chi connectivity index (χ2n) is 4.75. The lowest BCUT2D eigenvalue weighted by Crippen LogP contribution is -1.98. The number of thiazole rings is 1. The van der Waals surface area contributed by atoms with E-state index in [4.69, 9.17) is 5.73 Å². The van der Waals surface area contributed by atoms with E-state index >= 15 is 0 Å². The fourth-order valence-electron chi connectivity index (χ4n) is 2.21. The summed E-state index contributed by atoms with van der Waals surface area (Å²) in [6.45, 7) is 0. The van der Waals surface area contributed by atoms with Gasteiger partial charge in [0.05, 0.1) is 11.4 Å². The number of nitrogen functional groups attached to an aromatic ring is 1. The van der Waals surface area contributed by atoms with Gasteiger partial charge in [0.15, 0.2) is 5.13 Å². The summed E-state index contributed by atoms with van der Waals surface area (Å²) < 4.78 is 1.84. The first-order chi connectivity index (χ1) is 10.8. The lowest BCUT2D eigenvalue weighted by atomic mass is 10.2. The van der Waals surface area contributed by atoms with E-state index in [2.05, 4.69) is 21.4 Å². The maximum Gasteiger partial charge on any atom is 0.207 e. The van der Waals surface area contributed by atoms with E-state index in [9.17, 15) is 0 Å². The van der Waals surface area contributed by atoms with Gasteiger partial charge in [-0.2, -0.15) is 11.3 Å². The van der Waals surface area contributed by atoms with Gasteiger partial charge in [0.25, 0.3) is 0 Å². The summed E-state index contributed by atoms with van der Waals surface area (Å²) in [5.74, 6) is 0.449. The van der Waals surface area contributed by atoms with Gasteiger partial charge in [0.2, 0.25) is 5.95 Å². The molecule has 4 nitrogen and oxygen atoms in total. The van der Waals surface area contributed by atoms with E-state index in [1.165, 1.54) is 0 Å². The Bertz CT molecular complexity index is 892. The van der Waals surface area contributed by atoms with Crippen LogP contribution in [0, 0.1) is 0 Å². The molecule has 0 bridgehead atoms. The maximum absolute atomic E-state index is 6.06. The maximum atomic E-state index is 6.06. The van der Waals surface area contributed by atoms with Crippen molar-refractivity contribution in [3.05, 3.63) is 58.7 Å². The summed E-state index contributed by atoms with van der Waals surface area (Å²) in [4.78, 5) is 9.10. The lowest BCUT2D eigenvalue weighted by Gasteiger charge is -1.97. The molecule has 0 saturated carbocycles. The molecule has 0 aliphatic carbocycles. The van der Waals surface area contributed by atoms with E-state index < -0.39 is 0 Å². The van der Waals surface area contributed by atoms with Crippen molar-refractivity contribution >= 4 is 28.6 Å². The molecule has 0 saturated heterocycles. The van der Waals surface area contributed by atoms with Gasteiger partial charge in [-0.25, -0.2) is 9.97 Å². The SMILES string of the molecule is Nc1nc(-c2ccccc2)cn1-c1nc(-c2ccsc2)cs1. The minimum atomic E-state index is 0.449. The second-order valence-corrected chi connectivity index (χ2v) is 6.36. The van der Waals surface area contributed by atoms with Crippen LogP contribution >= 0.6 is 22.7 Å². The highest BCUT2D eigenvalue weighted by Gasteiger charge is 2.12. The molecule has 22 heavy (non-hydrogen) atoms. The Morgan fingerprint density at radius 1 is 0.909 bits per heavy atom. The van der Waals surface area contributed by atoms with Crippen LogP contribution in [0.5, 0.6) is 0 Å². The minimum absolute atomic E-state index is 0.449. The van der Waals surface area contributed by atoms with Crippen molar-refractivity contribution in [2.45, 2.75) is 0 Å². The van der Waals surface area contributed by atoms with Gasteiger partial charge in [0.1, 0.15) is 0 Å². The van der Waals surface area contributed by atoms with E-state index in [0.717, 1.165) is 27.6 Å². The summed E-state index contributed by atoms with van der Waals surface area (Å²) >= 11 is 3.22. The number of hydrogen-bond donors (Lipinski definition) is 1. The molecule has 0 fully saturated rings. The number of anilines is 1. The summed E-state index contributed by atoms with van der Waals surface area (Å²) in [7, 11) is 0. The average molecular weight is 324 g/mol. The van der Waals surface area contributed by atoms with Crippen molar-refractivity contribution in [2.75, 3.05) is 5.73 Å². The monoisotopic (exact) mass is 324 g/mol. The van der Waals surface area contributed by atoms with Crippen molar-refractivity contribution < 1.29 is 0 Å². The molecule has 108 valence electrons. The fourth-order valence-corrected chi connectivity index (χ4v) is 3.68. The number of nitrogens with two attached hydrogens (primary N) is 1. The molecule has 3 aromatic heterocycles. The zero-order valence-electron chi connectivity index (χ0n) is 11.5. The van der Waals surface area contributed by atoms with Crippen molar-refractivity contribution in [3.8, 4) is 27.6 Å². The Morgan fingerprint density at radius 2 is 1.77 bits per heavy atom. The molecule has 0 aliphatic heterocycles. The molecule has 2 N–H and O–H groups in total. The highest BCUT2D eigenvalue weighted by molar-refractivity contribution is 7.12. The molecule has 1 aromatic carbocycles. The van der Waals surface area contributed by atoms with Gasteiger partial charge in [0, 0.05) is 28.1 Å². The lowest BCUT2D eigenvalue weighted by molar-refractivity contribution is 1.05. The number of benzene rings is 1. The summed E-state index contributed by atoms with van der Waals surface area (Å²) in [6.07, 6.45) is 1.93. The number of nitrogens with zero attached hydrogens (tertiary/aromatic N) is 3. The van der Waals surface area contributed by atoms with Crippen LogP contribution in [0.15, 0.2) is 58.7 Å². The van der Waals surface area contributed by atoms with Gasteiger partial charge in [-0.3, -0.25) is 4.57 Å². The molecule has 0 unspecified atom stereocenters. The van der Waals surface area contributed by atoms with Gasteiger partial charge >= 0.3 is 0 Å². The topological polar surface area (TPSA) is 56.7 Å². The molecule has 4 aromatic rings. The van der Waals surface area contributed by atoms with Gasteiger partial charge < -0.3 is 5.73 Å². The summed E-state index contributed by atoms with van der Waals surface area (Å²) in [5, 5.41) is 7.01. The van der Waals surface area contributed by atoms with Crippen LogP contribution in [0.4, 0.5) is 5.95 Å². The number of imidazole rings is 1. The molecule has 0 spiro atoms. The normalized spacial score (nSPS) is 10.9. The van der Waals surface area contributed by atoms with E-state index in [-0.39, 0.29) is 0 Å². The predicted molar refractivity (Wildman–Crippen MR) is 92.4 cm³/mol. The van der Waals surface area contributed by atoms with Crippen LogP contribution in [-0.2, 0) is 0 Å². The third-order valence-electron chi connectivity index (χ3n) is 3.32. The van der Waals surface area contributed by atoms with Crippen LogP contribution in [-0.4, -0.2) is 14.5 Å². The van der Waals surface area contributed by atoms with E-state index in [1.54, 1.807) is 22.7 Å². The Kier molecular flexibility index (Phi) is 3.25. The molecule has 6 heteroatoms. The number of rotatable bonds is 3. The predicted octanol–water partition coefficient (Wildman–Crippen LogP) is 4.31. The zero-order valence-corrected chi connectivity index (χ0v) is 13.1. The summed E-state index contributed by atoms with van der Waals surface area (Å²) in [6, 6.07) is 12.1. The third kappa shape index (κ3) is 2.32. The van der Waals surface area contributed by atoms with Crippen molar-refractivity contribution in [2.24, 2.45) is 0 Å². The molecule has 4 rings (SSSR count). The third-order valence-corrected chi connectivity index (χ3v) is 4.84. The Morgan fingerprint density at radius 3 is 2.55 bits per heavy atom. The first kappa shape index (κ1) is 13.2. The summed E-state index contributed by atoms with van der Waals surface area (Å²) in [5.41, 5.74) is 10.1. The molecule has 0 atom stereocenters. The zero-order chi connectivity index (χ0) is 14.9. The first-order valence-corrected chi connectivity index (χ1v) is 8.52. The molecule has 3 heterocycles. The smallest absolute Gasteiger partial charge is 0.207 e. The van der Waals surface area contributed by atoms with Gasteiger partial charge in [-0.15, -0.1) is 11.3 Å². The van der Waals surface area contributed by atoms with Gasteiger partial charge in [-0.1, -0.05) is 30.3 Å². The molecular weight excluding hydrogens is 312 g/mol. The van der Waals surface area contributed by atoms with Crippen LogP contribution in [0.3, 0.4) is 0 Å². The largest absolute Gasteiger partial charge is 0.369 e. The number of thiophene rings is 1. The van der Waals surface area contributed by atoms with Crippen molar-refractivity contribution in [3.63, 3.8) is 0 Å². The Labute approximate surface area is 135 Å². The van der Waals surface area contributed by atoms with Crippen LogP contribution in [0.2, 0.25) is 0 Å². The molecule has 0 amide bonds. The quantitative estimate of drug-likeness (QED) is 0.611. The molecule has 0 radical (unpaired) electrons. The Balaban J connectivity index is 1.73. The standard InChI is InChI=1S/C16H12N4S2/c17-15-18-13(11-4-2-1-3-5-11)8-20(15)16-19-14(10-22-16)12-6-7-21-9-12/h1-10H,(H2,17,18). The van der Waals surface area contributed by atoms with E-state index in [0.29, 0.717) is 5.95 Å².